The molecule has 0 atom stereocenters. The third kappa shape index (κ3) is 4.27. The molecule has 2 aromatic heterocycles. The zero-order valence-corrected chi connectivity index (χ0v) is 17.1. The second-order valence-electron chi connectivity index (χ2n) is 7.14. The zero-order valence-electron chi connectivity index (χ0n) is 17.1. The van der Waals surface area contributed by atoms with Gasteiger partial charge in [-0.25, -0.2) is 4.98 Å². The standard InChI is InChI=1S/C21H25N5O4/c1-28-10-7-26-13-15(11-23-26)21(27)25-18-12-22-19-16(14-5-8-30-9-6-14)3-4-17(29-2)20(19)24-18/h3-4,11-14H,5-10H2,1-2H3,(H,24,25,27). The number of carbonyl (C=O) groups excluding carboxylic acids is 1. The molecule has 3 heterocycles. The molecule has 0 radical (unpaired) electrons. The normalized spacial score (nSPS) is 14.7. The third-order valence-electron chi connectivity index (χ3n) is 5.24. The van der Waals surface area contributed by atoms with E-state index in [0.717, 1.165) is 37.1 Å². The van der Waals surface area contributed by atoms with Crippen LogP contribution in [0.2, 0.25) is 0 Å². The average molecular weight is 411 g/mol. The van der Waals surface area contributed by atoms with Crippen molar-refractivity contribution in [2.24, 2.45) is 0 Å². The summed E-state index contributed by atoms with van der Waals surface area (Å²) in [6, 6.07) is 3.96. The minimum Gasteiger partial charge on any atom is -0.494 e. The van der Waals surface area contributed by atoms with Crippen LogP contribution in [0.25, 0.3) is 11.0 Å². The van der Waals surface area contributed by atoms with E-state index in [-0.39, 0.29) is 5.91 Å². The van der Waals surface area contributed by atoms with Gasteiger partial charge in [-0.15, -0.1) is 0 Å². The van der Waals surface area contributed by atoms with Crippen LogP contribution in [0.1, 0.15) is 34.7 Å². The maximum atomic E-state index is 12.6. The Bertz CT molecular complexity index is 1030. The van der Waals surface area contributed by atoms with Crippen molar-refractivity contribution in [2.45, 2.75) is 25.3 Å². The van der Waals surface area contributed by atoms with E-state index in [1.165, 1.54) is 6.20 Å². The van der Waals surface area contributed by atoms with Crippen molar-refractivity contribution in [3.8, 4) is 5.75 Å². The number of anilines is 1. The molecular weight excluding hydrogens is 386 g/mol. The first-order chi connectivity index (χ1) is 14.7. The molecule has 3 aromatic rings. The Morgan fingerprint density at radius 2 is 2.07 bits per heavy atom. The lowest BCUT2D eigenvalue weighted by Crippen LogP contribution is -2.15. The van der Waals surface area contributed by atoms with E-state index in [9.17, 15) is 4.79 Å². The predicted octanol–water partition coefficient (Wildman–Crippen LogP) is 2.63. The maximum Gasteiger partial charge on any atom is 0.260 e. The maximum absolute atomic E-state index is 12.6. The summed E-state index contributed by atoms with van der Waals surface area (Å²) in [5.74, 6) is 1.06. The minimum atomic E-state index is -0.299. The van der Waals surface area contributed by atoms with Crippen LogP contribution < -0.4 is 10.1 Å². The molecule has 0 aliphatic carbocycles. The summed E-state index contributed by atoms with van der Waals surface area (Å²) in [4.78, 5) is 21.8. The molecule has 158 valence electrons. The summed E-state index contributed by atoms with van der Waals surface area (Å²) in [5, 5.41) is 6.96. The molecule has 1 aromatic carbocycles. The molecule has 1 aliphatic rings. The van der Waals surface area contributed by atoms with Gasteiger partial charge in [-0.3, -0.25) is 14.5 Å². The Morgan fingerprint density at radius 3 is 2.83 bits per heavy atom. The molecule has 1 amide bonds. The van der Waals surface area contributed by atoms with Gasteiger partial charge in [0.05, 0.1) is 43.7 Å². The molecule has 0 saturated carbocycles. The topological polar surface area (TPSA) is 100 Å². The number of amides is 1. The number of nitrogens with zero attached hydrogens (tertiary/aromatic N) is 4. The summed E-state index contributed by atoms with van der Waals surface area (Å²) in [5.41, 5.74) is 3.01. The highest BCUT2D eigenvalue weighted by Gasteiger charge is 2.21. The van der Waals surface area contributed by atoms with Crippen LogP contribution in [0.5, 0.6) is 5.75 Å². The highest BCUT2D eigenvalue weighted by atomic mass is 16.5. The first-order valence-corrected chi connectivity index (χ1v) is 9.93. The fourth-order valence-corrected chi connectivity index (χ4v) is 3.63. The van der Waals surface area contributed by atoms with E-state index in [1.54, 1.807) is 31.3 Å². The van der Waals surface area contributed by atoms with Crippen LogP contribution in [-0.4, -0.2) is 59.7 Å². The van der Waals surface area contributed by atoms with E-state index in [4.69, 9.17) is 14.2 Å². The number of fused-ring (bicyclic) bond motifs is 1. The van der Waals surface area contributed by atoms with Crippen LogP contribution >= 0.6 is 0 Å². The highest BCUT2D eigenvalue weighted by molar-refractivity contribution is 6.03. The number of hydrogen-bond donors (Lipinski definition) is 1. The van der Waals surface area contributed by atoms with Gasteiger partial charge in [0.1, 0.15) is 11.3 Å². The summed E-state index contributed by atoms with van der Waals surface area (Å²) in [6.07, 6.45) is 6.68. The molecule has 1 N–H and O–H groups in total. The molecule has 9 nitrogen and oxygen atoms in total. The fourth-order valence-electron chi connectivity index (χ4n) is 3.63. The number of methoxy groups -OCH3 is 2. The van der Waals surface area contributed by atoms with Gasteiger partial charge in [0.2, 0.25) is 0 Å². The molecule has 1 saturated heterocycles. The van der Waals surface area contributed by atoms with Crippen molar-refractivity contribution in [1.82, 2.24) is 19.7 Å². The zero-order chi connectivity index (χ0) is 20.9. The van der Waals surface area contributed by atoms with Gasteiger partial charge < -0.3 is 19.5 Å². The van der Waals surface area contributed by atoms with Gasteiger partial charge in [0.15, 0.2) is 5.82 Å². The van der Waals surface area contributed by atoms with Gasteiger partial charge in [-0.05, 0) is 30.4 Å². The van der Waals surface area contributed by atoms with E-state index in [2.05, 4.69) is 26.4 Å². The molecule has 1 aliphatic heterocycles. The lowest BCUT2D eigenvalue weighted by molar-refractivity contribution is 0.0855. The van der Waals surface area contributed by atoms with Crippen molar-refractivity contribution >= 4 is 22.8 Å². The SMILES string of the molecule is COCCn1cc(C(=O)Nc2cnc3c(C4CCOCC4)ccc(OC)c3n2)cn1. The molecule has 9 heteroatoms. The molecule has 4 rings (SSSR count). The van der Waals surface area contributed by atoms with Crippen molar-refractivity contribution in [2.75, 3.05) is 39.4 Å². The van der Waals surface area contributed by atoms with Gasteiger partial charge in [0, 0.05) is 26.5 Å². The molecule has 30 heavy (non-hydrogen) atoms. The molecular formula is C21H25N5O4. The Labute approximate surface area is 174 Å². The molecule has 0 spiro atoms. The number of nitrogens with one attached hydrogen (secondary N) is 1. The van der Waals surface area contributed by atoms with Crippen LogP contribution in [0.15, 0.2) is 30.7 Å². The van der Waals surface area contributed by atoms with E-state index in [0.29, 0.717) is 41.7 Å². The molecule has 0 unspecified atom stereocenters. The second-order valence-corrected chi connectivity index (χ2v) is 7.14. The van der Waals surface area contributed by atoms with Crippen LogP contribution in [0.3, 0.4) is 0 Å². The monoisotopic (exact) mass is 411 g/mol. The van der Waals surface area contributed by atoms with Crippen LogP contribution in [0, 0.1) is 0 Å². The Balaban J connectivity index is 1.59. The fraction of sp³-hybridized carbons (Fsp3) is 0.429. The van der Waals surface area contributed by atoms with Gasteiger partial charge in [-0.2, -0.15) is 5.10 Å². The quantitative estimate of drug-likeness (QED) is 0.638. The number of carbonyl (C=O) groups is 1. The first kappa shape index (κ1) is 20.2. The predicted molar refractivity (Wildman–Crippen MR) is 111 cm³/mol. The first-order valence-electron chi connectivity index (χ1n) is 9.93. The molecule has 0 bridgehead atoms. The highest BCUT2D eigenvalue weighted by Crippen LogP contribution is 2.35. The Morgan fingerprint density at radius 1 is 1.23 bits per heavy atom. The lowest BCUT2D eigenvalue weighted by atomic mass is 9.90. The van der Waals surface area contributed by atoms with E-state index < -0.39 is 0 Å². The summed E-state index contributed by atoms with van der Waals surface area (Å²) < 4.78 is 17.7. The second kappa shape index (κ2) is 9.19. The van der Waals surface area contributed by atoms with Crippen molar-refractivity contribution < 1.29 is 19.0 Å². The number of ether oxygens (including phenoxy) is 3. The number of aromatic nitrogens is 4. The summed E-state index contributed by atoms with van der Waals surface area (Å²) in [6.45, 7) is 2.59. The number of benzene rings is 1. The largest absolute Gasteiger partial charge is 0.494 e. The smallest absolute Gasteiger partial charge is 0.260 e. The summed E-state index contributed by atoms with van der Waals surface area (Å²) in [7, 11) is 3.22. The van der Waals surface area contributed by atoms with Gasteiger partial charge in [0.25, 0.3) is 5.91 Å². The lowest BCUT2D eigenvalue weighted by Gasteiger charge is -2.23. The minimum absolute atomic E-state index is 0.299. The van der Waals surface area contributed by atoms with E-state index >= 15 is 0 Å². The van der Waals surface area contributed by atoms with Crippen molar-refractivity contribution in [3.63, 3.8) is 0 Å². The van der Waals surface area contributed by atoms with Crippen molar-refractivity contribution in [1.29, 1.82) is 0 Å². The van der Waals surface area contributed by atoms with Crippen LogP contribution in [0.4, 0.5) is 5.82 Å². The van der Waals surface area contributed by atoms with Gasteiger partial charge >= 0.3 is 0 Å². The van der Waals surface area contributed by atoms with Crippen molar-refractivity contribution in [3.05, 3.63) is 41.9 Å². The van der Waals surface area contributed by atoms with E-state index in [1.807, 2.05) is 6.07 Å². The van der Waals surface area contributed by atoms with Gasteiger partial charge in [-0.1, -0.05) is 6.07 Å². The number of rotatable bonds is 7. The Kier molecular flexibility index (Phi) is 6.20. The summed E-state index contributed by atoms with van der Waals surface area (Å²) >= 11 is 0. The van der Waals surface area contributed by atoms with Crippen LogP contribution in [-0.2, 0) is 16.0 Å². The number of hydrogen-bond acceptors (Lipinski definition) is 7. The average Bonchev–Trinajstić information content (AvgIpc) is 3.26. The third-order valence-corrected chi connectivity index (χ3v) is 5.24. The molecule has 1 fully saturated rings. The Hall–Kier alpha value is -3.04.